The van der Waals surface area contributed by atoms with Crippen LogP contribution in [0.25, 0.3) is 0 Å². The van der Waals surface area contributed by atoms with E-state index in [9.17, 15) is 4.79 Å². The van der Waals surface area contributed by atoms with Gasteiger partial charge in [-0.3, -0.25) is 4.79 Å². The van der Waals surface area contributed by atoms with Gasteiger partial charge in [-0.1, -0.05) is 20.3 Å². The van der Waals surface area contributed by atoms with E-state index in [1.165, 1.54) is 24.2 Å². The van der Waals surface area contributed by atoms with E-state index in [0.717, 1.165) is 31.6 Å². The van der Waals surface area contributed by atoms with Gasteiger partial charge >= 0.3 is 5.97 Å². The van der Waals surface area contributed by atoms with Gasteiger partial charge < -0.3 is 9.15 Å². The fourth-order valence-electron chi connectivity index (χ4n) is 6.87. The van der Waals surface area contributed by atoms with Gasteiger partial charge in [0.15, 0.2) is 0 Å². The minimum absolute atomic E-state index is 0.000537. The molecule has 0 N–H and O–H groups in total. The Labute approximate surface area is 145 Å². The van der Waals surface area contributed by atoms with Crippen LogP contribution >= 0.6 is 0 Å². The molecule has 1 aromatic heterocycles. The lowest BCUT2D eigenvalue weighted by atomic mass is 9.43. The van der Waals surface area contributed by atoms with Gasteiger partial charge in [0.2, 0.25) is 0 Å². The highest BCUT2D eigenvalue weighted by Crippen LogP contribution is 2.65. The maximum Gasteiger partial charge on any atom is 0.311 e. The Morgan fingerprint density at radius 1 is 1.29 bits per heavy atom. The molecule has 1 aromatic rings. The Bertz CT molecular complexity index is 647. The van der Waals surface area contributed by atoms with Crippen LogP contribution in [-0.2, 0) is 16.0 Å². The van der Waals surface area contributed by atoms with Crippen LogP contribution in [0.3, 0.4) is 0 Å². The second-order valence-corrected chi connectivity index (χ2v) is 8.96. The van der Waals surface area contributed by atoms with Crippen molar-refractivity contribution in [1.29, 1.82) is 0 Å². The van der Waals surface area contributed by atoms with E-state index in [-0.39, 0.29) is 16.8 Å². The number of esters is 1. The summed E-state index contributed by atoms with van der Waals surface area (Å²) in [6, 6.07) is 2.17. The van der Waals surface area contributed by atoms with E-state index in [1.807, 2.05) is 6.26 Å². The SMILES string of the molecule is COC(=O)[C@@]1(C)CCC[C@]2(C)C3Cc4occc4[C@H](C)C3CC[C@@H]12. The average molecular weight is 330 g/mol. The van der Waals surface area contributed by atoms with Crippen LogP contribution < -0.4 is 0 Å². The smallest absolute Gasteiger partial charge is 0.311 e. The summed E-state index contributed by atoms with van der Waals surface area (Å²) in [5.74, 6) is 3.53. The van der Waals surface area contributed by atoms with Gasteiger partial charge in [0, 0.05) is 6.42 Å². The topological polar surface area (TPSA) is 39.4 Å². The van der Waals surface area contributed by atoms with Crippen LogP contribution in [0.4, 0.5) is 0 Å². The minimum atomic E-state index is -0.320. The fourth-order valence-corrected chi connectivity index (χ4v) is 6.87. The van der Waals surface area contributed by atoms with E-state index in [2.05, 4.69) is 26.8 Å². The normalized spacial score (nSPS) is 44.2. The number of fused-ring (bicyclic) bond motifs is 4. The molecular weight excluding hydrogens is 300 g/mol. The quantitative estimate of drug-likeness (QED) is 0.684. The zero-order valence-electron chi connectivity index (χ0n) is 15.4. The van der Waals surface area contributed by atoms with Crippen molar-refractivity contribution in [3.05, 3.63) is 23.7 Å². The van der Waals surface area contributed by atoms with Crippen LogP contribution in [0, 0.1) is 28.6 Å². The summed E-state index contributed by atoms with van der Waals surface area (Å²) in [7, 11) is 1.54. The van der Waals surface area contributed by atoms with Gasteiger partial charge in [0.25, 0.3) is 0 Å². The van der Waals surface area contributed by atoms with E-state index in [1.54, 1.807) is 7.11 Å². The molecule has 4 rings (SSSR count). The third-order valence-electron chi connectivity index (χ3n) is 8.10. The molecule has 132 valence electrons. The lowest BCUT2D eigenvalue weighted by molar-refractivity contribution is -0.174. The van der Waals surface area contributed by atoms with Crippen molar-refractivity contribution < 1.29 is 13.9 Å². The lowest BCUT2D eigenvalue weighted by Crippen LogP contribution is -2.56. The largest absolute Gasteiger partial charge is 0.469 e. The van der Waals surface area contributed by atoms with Gasteiger partial charge in [-0.05, 0) is 73.3 Å². The Kier molecular flexibility index (Phi) is 3.63. The van der Waals surface area contributed by atoms with E-state index in [0.29, 0.717) is 17.8 Å². The van der Waals surface area contributed by atoms with Gasteiger partial charge in [-0.15, -0.1) is 0 Å². The third kappa shape index (κ3) is 1.99. The van der Waals surface area contributed by atoms with Crippen molar-refractivity contribution in [3.63, 3.8) is 0 Å². The summed E-state index contributed by atoms with van der Waals surface area (Å²) in [5.41, 5.74) is 1.31. The molecule has 3 nitrogen and oxygen atoms in total. The maximum absolute atomic E-state index is 12.6. The van der Waals surface area contributed by atoms with E-state index >= 15 is 0 Å². The number of hydrogen-bond donors (Lipinski definition) is 0. The molecule has 2 fully saturated rings. The summed E-state index contributed by atoms with van der Waals surface area (Å²) in [4.78, 5) is 12.6. The van der Waals surface area contributed by atoms with Crippen LogP contribution in [0.2, 0.25) is 0 Å². The first-order valence-electron chi connectivity index (χ1n) is 9.56. The van der Waals surface area contributed by atoms with Crippen LogP contribution in [0.1, 0.15) is 70.1 Å². The number of furan rings is 1. The Morgan fingerprint density at radius 2 is 2.08 bits per heavy atom. The number of ether oxygens (including phenoxy) is 1. The second-order valence-electron chi connectivity index (χ2n) is 8.96. The first-order valence-corrected chi connectivity index (χ1v) is 9.56. The highest BCUT2D eigenvalue weighted by atomic mass is 16.5. The highest BCUT2D eigenvalue weighted by Gasteiger charge is 2.60. The van der Waals surface area contributed by atoms with Crippen LogP contribution in [-0.4, -0.2) is 13.1 Å². The molecule has 0 aromatic carbocycles. The third-order valence-corrected chi connectivity index (χ3v) is 8.10. The Morgan fingerprint density at radius 3 is 2.83 bits per heavy atom. The monoisotopic (exact) mass is 330 g/mol. The molecule has 24 heavy (non-hydrogen) atoms. The van der Waals surface area contributed by atoms with Crippen LogP contribution in [0.15, 0.2) is 16.7 Å². The van der Waals surface area contributed by atoms with Gasteiger partial charge in [-0.2, -0.15) is 0 Å². The van der Waals surface area contributed by atoms with Crippen molar-refractivity contribution in [3.8, 4) is 0 Å². The Hall–Kier alpha value is -1.25. The second kappa shape index (κ2) is 5.37. The molecule has 6 atom stereocenters. The Balaban J connectivity index is 1.74. The molecule has 0 saturated heterocycles. The lowest BCUT2D eigenvalue weighted by Gasteiger charge is -2.60. The first kappa shape index (κ1) is 16.2. The summed E-state index contributed by atoms with van der Waals surface area (Å²) >= 11 is 0. The fraction of sp³-hybridized carbons (Fsp3) is 0.762. The van der Waals surface area contributed by atoms with Gasteiger partial charge in [0.05, 0.1) is 18.8 Å². The molecule has 3 aliphatic carbocycles. The van der Waals surface area contributed by atoms with Crippen molar-refractivity contribution >= 4 is 5.97 Å². The molecule has 2 unspecified atom stereocenters. The first-order chi connectivity index (χ1) is 11.4. The molecule has 3 aliphatic rings. The number of methoxy groups -OCH3 is 1. The number of carbonyl (C=O) groups excluding carboxylic acids is 1. The number of rotatable bonds is 1. The summed E-state index contributed by atoms with van der Waals surface area (Å²) in [6.07, 6.45) is 8.61. The van der Waals surface area contributed by atoms with Crippen molar-refractivity contribution in [2.24, 2.45) is 28.6 Å². The zero-order chi connectivity index (χ0) is 17.1. The predicted octanol–water partition coefficient (Wildman–Crippen LogP) is 4.95. The standard InChI is InChI=1S/C21H30O3/c1-13-14-6-7-18-20(2,9-5-10-21(18,3)19(22)23-4)16(14)12-17-15(13)8-11-24-17/h8,11,13-14,16,18H,5-7,9-10,12H2,1-4H3/t13-,14?,16?,18-,20-,21+/m1/s1. The average Bonchev–Trinajstić information content (AvgIpc) is 3.03. The molecule has 0 amide bonds. The van der Waals surface area contributed by atoms with E-state index < -0.39 is 0 Å². The number of hydrogen-bond acceptors (Lipinski definition) is 3. The molecule has 0 aliphatic heterocycles. The molecular formula is C21H30O3. The minimum Gasteiger partial charge on any atom is -0.469 e. The van der Waals surface area contributed by atoms with Crippen molar-refractivity contribution in [2.75, 3.05) is 7.11 Å². The summed E-state index contributed by atoms with van der Waals surface area (Å²) < 4.78 is 11.1. The molecule has 1 heterocycles. The number of carbonyl (C=O) groups is 1. The molecule has 0 bridgehead atoms. The van der Waals surface area contributed by atoms with Crippen molar-refractivity contribution in [1.82, 2.24) is 0 Å². The molecule has 3 heteroatoms. The van der Waals surface area contributed by atoms with Crippen molar-refractivity contribution in [2.45, 2.75) is 65.2 Å². The van der Waals surface area contributed by atoms with Crippen LogP contribution in [0.5, 0.6) is 0 Å². The highest BCUT2D eigenvalue weighted by molar-refractivity contribution is 5.77. The predicted molar refractivity (Wildman–Crippen MR) is 92.6 cm³/mol. The summed E-state index contributed by atoms with van der Waals surface area (Å²) in [5, 5.41) is 0. The molecule has 0 radical (unpaired) electrons. The van der Waals surface area contributed by atoms with E-state index in [4.69, 9.17) is 9.15 Å². The summed E-state index contributed by atoms with van der Waals surface area (Å²) in [6.45, 7) is 6.98. The van der Waals surface area contributed by atoms with Gasteiger partial charge in [-0.25, -0.2) is 0 Å². The molecule has 0 spiro atoms. The molecule has 2 saturated carbocycles. The zero-order valence-corrected chi connectivity index (χ0v) is 15.4. The maximum atomic E-state index is 12.6. The van der Waals surface area contributed by atoms with Gasteiger partial charge in [0.1, 0.15) is 5.76 Å².